The van der Waals surface area contributed by atoms with Gasteiger partial charge in [-0.05, 0) is 45.2 Å². The molecule has 0 aromatic carbocycles. The Morgan fingerprint density at radius 2 is 1.19 bits per heavy atom. The fourth-order valence-electron chi connectivity index (χ4n) is 3.39. The van der Waals surface area contributed by atoms with E-state index in [-0.39, 0.29) is 0 Å². The first-order valence-electron chi connectivity index (χ1n) is 11.8. The monoisotopic (exact) mass is 371 g/mol. The number of aliphatic hydroxyl groups excluding tert-OH is 1. The zero-order chi connectivity index (χ0) is 19.3. The number of ether oxygens (including phenoxy) is 1. The lowest BCUT2D eigenvalue weighted by Gasteiger charge is -2.23. The van der Waals surface area contributed by atoms with E-state index >= 15 is 0 Å². The topological polar surface area (TPSA) is 41.5 Å². The maximum absolute atomic E-state index is 10.5. The molecule has 0 heterocycles. The molecular weight excluding hydrogens is 322 g/mol. The summed E-state index contributed by atoms with van der Waals surface area (Å²) in [7, 11) is 0. The van der Waals surface area contributed by atoms with Crippen LogP contribution in [0.1, 0.15) is 117 Å². The molecule has 158 valence electrons. The van der Waals surface area contributed by atoms with E-state index in [1.165, 1.54) is 70.6 Å². The van der Waals surface area contributed by atoms with Crippen molar-refractivity contribution in [3.8, 4) is 0 Å². The predicted molar refractivity (Wildman–Crippen MR) is 115 cm³/mol. The van der Waals surface area contributed by atoms with Gasteiger partial charge in [-0.15, -0.1) is 0 Å². The van der Waals surface area contributed by atoms with Crippen molar-refractivity contribution >= 4 is 0 Å². The molecule has 0 aliphatic heterocycles. The number of aliphatic hydroxyl groups is 1. The van der Waals surface area contributed by atoms with E-state index in [0.717, 1.165) is 38.8 Å². The van der Waals surface area contributed by atoms with Crippen LogP contribution < -0.4 is 5.32 Å². The second-order valence-electron chi connectivity index (χ2n) is 7.88. The van der Waals surface area contributed by atoms with Crippen molar-refractivity contribution in [1.29, 1.82) is 0 Å². The molecule has 0 saturated heterocycles. The minimum atomic E-state index is -0.559. The highest BCUT2D eigenvalue weighted by Gasteiger charge is 2.19. The second kappa shape index (κ2) is 21.2. The summed E-state index contributed by atoms with van der Waals surface area (Å²) < 4.78 is 5.79. The van der Waals surface area contributed by atoms with E-state index in [0.29, 0.717) is 12.5 Å². The Balaban J connectivity index is 3.89. The smallest absolute Gasteiger partial charge is 0.157 e. The largest absolute Gasteiger partial charge is 0.368 e. The zero-order valence-corrected chi connectivity index (χ0v) is 18.2. The summed E-state index contributed by atoms with van der Waals surface area (Å²) in [6.07, 6.45) is 18.0. The fourth-order valence-corrected chi connectivity index (χ4v) is 3.39. The Hall–Kier alpha value is -0.120. The van der Waals surface area contributed by atoms with Crippen LogP contribution in [0.2, 0.25) is 0 Å². The maximum Gasteiger partial charge on any atom is 0.157 e. The van der Waals surface area contributed by atoms with Crippen LogP contribution in [-0.2, 0) is 4.74 Å². The van der Waals surface area contributed by atoms with Gasteiger partial charge in [-0.25, -0.2) is 0 Å². The minimum absolute atomic E-state index is 0.330. The quantitative estimate of drug-likeness (QED) is 0.180. The lowest BCUT2D eigenvalue weighted by molar-refractivity contribution is -0.138. The van der Waals surface area contributed by atoms with Gasteiger partial charge in [0.25, 0.3) is 0 Å². The van der Waals surface area contributed by atoms with Crippen molar-refractivity contribution in [1.82, 2.24) is 5.32 Å². The van der Waals surface area contributed by atoms with Crippen LogP contribution >= 0.6 is 0 Å². The van der Waals surface area contributed by atoms with Gasteiger partial charge in [-0.3, -0.25) is 0 Å². The molecule has 2 N–H and O–H groups in total. The normalized spacial score (nSPS) is 13.8. The van der Waals surface area contributed by atoms with Crippen molar-refractivity contribution in [3.05, 3.63) is 0 Å². The van der Waals surface area contributed by atoms with E-state index < -0.39 is 6.29 Å². The van der Waals surface area contributed by atoms with Crippen molar-refractivity contribution in [2.24, 2.45) is 5.92 Å². The molecule has 0 aromatic rings. The molecule has 0 radical (unpaired) electrons. The third-order valence-corrected chi connectivity index (χ3v) is 5.25. The number of hydrogen-bond acceptors (Lipinski definition) is 3. The highest BCUT2D eigenvalue weighted by atomic mass is 16.6. The van der Waals surface area contributed by atoms with Crippen LogP contribution in [0.25, 0.3) is 0 Å². The van der Waals surface area contributed by atoms with Crippen LogP contribution in [0, 0.1) is 5.92 Å². The van der Waals surface area contributed by atoms with Crippen LogP contribution in [0.4, 0.5) is 0 Å². The number of unbranched alkanes of at least 4 members (excludes halogenated alkanes) is 9. The molecule has 0 amide bonds. The van der Waals surface area contributed by atoms with Crippen LogP contribution in [0.5, 0.6) is 0 Å². The zero-order valence-electron chi connectivity index (χ0n) is 18.2. The van der Waals surface area contributed by atoms with Gasteiger partial charge in [0, 0.05) is 12.5 Å². The summed E-state index contributed by atoms with van der Waals surface area (Å²) in [6, 6.07) is 0. The van der Waals surface area contributed by atoms with Crippen molar-refractivity contribution in [2.75, 3.05) is 19.7 Å². The molecule has 0 spiro atoms. The summed E-state index contributed by atoms with van der Waals surface area (Å²) in [5.41, 5.74) is 0. The van der Waals surface area contributed by atoms with Gasteiger partial charge < -0.3 is 15.2 Å². The molecule has 0 rings (SSSR count). The van der Waals surface area contributed by atoms with E-state index in [9.17, 15) is 5.11 Å². The highest BCUT2D eigenvalue weighted by Crippen LogP contribution is 2.23. The van der Waals surface area contributed by atoms with Crippen molar-refractivity contribution in [3.63, 3.8) is 0 Å². The van der Waals surface area contributed by atoms with Gasteiger partial charge in [0.15, 0.2) is 6.29 Å². The number of rotatable bonds is 21. The highest BCUT2D eigenvalue weighted by molar-refractivity contribution is 4.64. The molecule has 0 aliphatic rings. The van der Waals surface area contributed by atoms with Crippen molar-refractivity contribution in [2.45, 2.75) is 123 Å². The maximum atomic E-state index is 10.5. The van der Waals surface area contributed by atoms with Gasteiger partial charge in [0.2, 0.25) is 0 Å². The standard InChI is InChI=1S/C23H49NO2/c1-4-7-10-12-14-18-22(17-13-11-8-5-2)23(25)26-21-16-15-20-24-19-9-6-3/h22-25H,4-21H2,1-3H3. The van der Waals surface area contributed by atoms with Gasteiger partial charge in [0.05, 0.1) is 0 Å². The minimum Gasteiger partial charge on any atom is -0.368 e. The lowest BCUT2D eigenvalue weighted by Crippen LogP contribution is -2.25. The first kappa shape index (κ1) is 25.9. The van der Waals surface area contributed by atoms with Crippen LogP contribution in [0.15, 0.2) is 0 Å². The average Bonchev–Trinajstić information content (AvgIpc) is 2.65. The number of hydrogen-bond donors (Lipinski definition) is 2. The molecule has 2 unspecified atom stereocenters. The molecule has 26 heavy (non-hydrogen) atoms. The Morgan fingerprint density at radius 1 is 0.654 bits per heavy atom. The molecule has 0 aliphatic carbocycles. The molecule has 0 saturated carbocycles. The van der Waals surface area contributed by atoms with Crippen LogP contribution in [-0.4, -0.2) is 31.1 Å². The summed E-state index contributed by atoms with van der Waals surface area (Å²) in [6.45, 7) is 9.61. The Bertz CT molecular complexity index is 261. The number of nitrogens with one attached hydrogen (secondary N) is 1. The van der Waals surface area contributed by atoms with E-state index in [1.54, 1.807) is 0 Å². The van der Waals surface area contributed by atoms with E-state index in [2.05, 4.69) is 26.1 Å². The SMILES string of the molecule is CCCCCCCC(CCCCCC)C(O)OCCCCNCCCC. The first-order valence-corrected chi connectivity index (χ1v) is 11.8. The summed E-state index contributed by atoms with van der Waals surface area (Å²) in [5.74, 6) is 0.330. The summed E-state index contributed by atoms with van der Waals surface area (Å²) in [5, 5.41) is 14.0. The predicted octanol–water partition coefficient (Wildman–Crippen LogP) is 6.44. The molecule has 2 atom stereocenters. The molecule has 3 heteroatoms. The van der Waals surface area contributed by atoms with Crippen molar-refractivity contribution < 1.29 is 9.84 Å². The van der Waals surface area contributed by atoms with Crippen LogP contribution in [0.3, 0.4) is 0 Å². The van der Waals surface area contributed by atoms with Gasteiger partial charge >= 0.3 is 0 Å². The molecule has 3 nitrogen and oxygen atoms in total. The summed E-state index contributed by atoms with van der Waals surface area (Å²) >= 11 is 0. The molecule has 0 aromatic heterocycles. The van der Waals surface area contributed by atoms with E-state index in [1.807, 2.05) is 0 Å². The molecule has 0 bridgehead atoms. The van der Waals surface area contributed by atoms with Gasteiger partial charge in [-0.1, -0.05) is 85.0 Å². The lowest BCUT2D eigenvalue weighted by atomic mass is 9.93. The Kier molecular flexibility index (Phi) is 21.1. The third kappa shape index (κ3) is 17.3. The Labute approximate surface area is 164 Å². The summed E-state index contributed by atoms with van der Waals surface area (Å²) in [4.78, 5) is 0. The van der Waals surface area contributed by atoms with Gasteiger partial charge in [-0.2, -0.15) is 0 Å². The van der Waals surface area contributed by atoms with Gasteiger partial charge in [0.1, 0.15) is 0 Å². The molecule has 0 fully saturated rings. The molecular formula is C23H49NO2. The third-order valence-electron chi connectivity index (χ3n) is 5.25. The van der Waals surface area contributed by atoms with E-state index in [4.69, 9.17) is 4.74 Å². The fraction of sp³-hybridized carbons (Fsp3) is 1.00. The second-order valence-corrected chi connectivity index (χ2v) is 7.88. The Morgan fingerprint density at radius 3 is 1.81 bits per heavy atom. The average molecular weight is 372 g/mol. The first-order chi connectivity index (χ1) is 12.8.